The van der Waals surface area contributed by atoms with Crippen LogP contribution in [0.4, 0.5) is 0 Å². The number of aromatic nitrogens is 2. The summed E-state index contributed by atoms with van der Waals surface area (Å²) in [6.45, 7) is 10.0. The molecular formula is C13H24BrN3O. The van der Waals surface area contributed by atoms with Crippen LogP contribution in [0.15, 0.2) is 4.47 Å². The quantitative estimate of drug-likeness (QED) is 0.812. The summed E-state index contributed by atoms with van der Waals surface area (Å²) in [6, 6.07) is 0. The molecule has 0 aliphatic heterocycles. The van der Waals surface area contributed by atoms with Crippen LogP contribution in [0.3, 0.4) is 0 Å². The summed E-state index contributed by atoms with van der Waals surface area (Å²) in [5.41, 5.74) is 2.02. The van der Waals surface area contributed by atoms with Gasteiger partial charge in [0.2, 0.25) is 0 Å². The Morgan fingerprint density at radius 3 is 2.50 bits per heavy atom. The smallest absolute Gasteiger partial charge is 0.0767 e. The van der Waals surface area contributed by atoms with E-state index in [1.54, 1.807) is 0 Å². The van der Waals surface area contributed by atoms with Gasteiger partial charge in [0.15, 0.2) is 0 Å². The van der Waals surface area contributed by atoms with Crippen LogP contribution in [0.5, 0.6) is 0 Å². The van der Waals surface area contributed by atoms with Gasteiger partial charge in [-0.25, -0.2) is 0 Å². The van der Waals surface area contributed by atoms with E-state index < -0.39 is 0 Å². The molecule has 1 unspecified atom stereocenters. The molecule has 1 aromatic rings. The second kappa shape index (κ2) is 6.68. The lowest BCUT2D eigenvalue weighted by Gasteiger charge is -2.27. The highest BCUT2D eigenvalue weighted by Gasteiger charge is 2.22. The fraction of sp³-hybridized carbons (Fsp3) is 0.769. The molecule has 0 fully saturated rings. The molecule has 1 rings (SSSR count). The maximum Gasteiger partial charge on any atom is 0.0767 e. The summed E-state index contributed by atoms with van der Waals surface area (Å²) in [4.78, 5) is 0. The maximum absolute atomic E-state index is 9.41. The number of hydrogen-bond donors (Lipinski definition) is 2. The Kier molecular flexibility index (Phi) is 5.82. The highest BCUT2D eigenvalue weighted by atomic mass is 79.9. The summed E-state index contributed by atoms with van der Waals surface area (Å²) in [5.74, 6) is 0. The topological polar surface area (TPSA) is 50.1 Å². The van der Waals surface area contributed by atoms with Crippen molar-refractivity contribution in [2.24, 2.45) is 0 Å². The lowest BCUT2D eigenvalue weighted by atomic mass is 10.0. The number of halogens is 1. The molecule has 104 valence electrons. The van der Waals surface area contributed by atoms with Gasteiger partial charge in [-0.15, -0.1) is 0 Å². The predicted octanol–water partition coefficient (Wildman–Crippen LogP) is 2.48. The van der Waals surface area contributed by atoms with Crippen LogP contribution in [0.1, 0.15) is 45.5 Å². The minimum Gasteiger partial charge on any atom is -0.394 e. The Hall–Kier alpha value is -0.390. The van der Waals surface area contributed by atoms with E-state index in [9.17, 15) is 5.11 Å². The van der Waals surface area contributed by atoms with E-state index in [1.165, 1.54) is 0 Å². The summed E-state index contributed by atoms with van der Waals surface area (Å²) in [6.07, 6.45) is 1.81. The van der Waals surface area contributed by atoms with Crippen LogP contribution in [0.2, 0.25) is 0 Å². The highest BCUT2D eigenvalue weighted by molar-refractivity contribution is 9.10. The first-order valence-corrected chi connectivity index (χ1v) is 7.40. The van der Waals surface area contributed by atoms with Crippen molar-refractivity contribution in [3.63, 3.8) is 0 Å². The zero-order valence-electron chi connectivity index (χ0n) is 11.8. The molecule has 18 heavy (non-hydrogen) atoms. The van der Waals surface area contributed by atoms with Crippen LogP contribution in [0.25, 0.3) is 0 Å². The number of hydrogen-bond acceptors (Lipinski definition) is 3. The Balaban J connectivity index is 2.87. The maximum atomic E-state index is 9.41. The van der Waals surface area contributed by atoms with Crippen molar-refractivity contribution in [2.75, 3.05) is 6.61 Å². The van der Waals surface area contributed by atoms with E-state index in [-0.39, 0.29) is 12.1 Å². The van der Waals surface area contributed by atoms with Gasteiger partial charge in [-0.3, -0.25) is 4.68 Å². The third-order valence-electron chi connectivity index (χ3n) is 3.51. The minimum absolute atomic E-state index is 0.141. The zero-order valence-corrected chi connectivity index (χ0v) is 13.3. The molecule has 0 saturated heterocycles. The minimum atomic E-state index is -0.228. The lowest BCUT2D eigenvalue weighted by molar-refractivity contribution is 0.168. The van der Waals surface area contributed by atoms with Crippen molar-refractivity contribution in [1.82, 2.24) is 15.1 Å². The molecule has 0 bridgehead atoms. The fourth-order valence-electron chi connectivity index (χ4n) is 1.78. The monoisotopic (exact) mass is 317 g/mol. The Morgan fingerprint density at radius 2 is 2.06 bits per heavy atom. The summed E-state index contributed by atoms with van der Waals surface area (Å²) in [5, 5.41) is 17.4. The van der Waals surface area contributed by atoms with Crippen molar-refractivity contribution in [2.45, 2.75) is 59.2 Å². The van der Waals surface area contributed by atoms with Gasteiger partial charge in [0.25, 0.3) is 0 Å². The molecule has 4 nitrogen and oxygen atoms in total. The van der Waals surface area contributed by atoms with E-state index in [0.717, 1.165) is 35.2 Å². The first kappa shape index (κ1) is 15.7. The SMILES string of the molecule is CCc1nn(CC)c(CNC(C)(CC)CO)c1Br. The molecule has 0 amide bonds. The molecule has 0 aromatic carbocycles. The van der Waals surface area contributed by atoms with Crippen molar-refractivity contribution in [1.29, 1.82) is 0 Å². The molecule has 0 aliphatic rings. The molecule has 0 spiro atoms. The molecule has 0 saturated carbocycles. The van der Waals surface area contributed by atoms with Crippen LogP contribution < -0.4 is 5.32 Å². The van der Waals surface area contributed by atoms with Gasteiger partial charge in [0.1, 0.15) is 0 Å². The first-order valence-electron chi connectivity index (χ1n) is 6.61. The fourth-order valence-corrected chi connectivity index (χ4v) is 2.48. The standard InChI is InChI=1S/C13H24BrN3O/c1-5-10-12(14)11(17(7-3)16-10)8-15-13(4,6-2)9-18/h15,18H,5-9H2,1-4H3. The Bertz CT molecular complexity index is 386. The number of aliphatic hydroxyl groups excluding tert-OH is 1. The van der Waals surface area contributed by atoms with Crippen LogP contribution in [0, 0.1) is 0 Å². The molecule has 0 radical (unpaired) electrons. The van der Waals surface area contributed by atoms with Gasteiger partial charge in [-0.2, -0.15) is 5.10 Å². The predicted molar refractivity (Wildman–Crippen MR) is 77.6 cm³/mol. The number of nitrogens with zero attached hydrogens (tertiary/aromatic N) is 2. The van der Waals surface area contributed by atoms with Gasteiger partial charge >= 0.3 is 0 Å². The number of nitrogens with one attached hydrogen (secondary N) is 1. The van der Waals surface area contributed by atoms with E-state index in [2.05, 4.69) is 47.1 Å². The van der Waals surface area contributed by atoms with Gasteiger partial charge in [0, 0.05) is 18.6 Å². The van der Waals surface area contributed by atoms with Crippen LogP contribution in [-0.4, -0.2) is 27.0 Å². The van der Waals surface area contributed by atoms with E-state index in [4.69, 9.17) is 0 Å². The zero-order chi connectivity index (χ0) is 13.8. The normalized spacial score (nSPS) is 14.8. The van der Waals surface area contributed by atoms with Gasteiger partial charge in [-0.05, 0) is 42.6 Å². The molecular weight excluding hydrogens is 294 g/mol. The summed E-state index contributed by atoms with van der Waals surface area (Å²) >= 11 is 3.63. The lowest BCUT2D eigenvalue weighted by Crippen LogP contribution is -2.44. The average Bonchev–Trinajstić information content (AvgIpc) is 2.72. The highest BCUT2D eigenvalue weighted by Crippen LogP contribution is 2.23. The van der Waals surface area contributed by atoms with Crippen LogP contribution >= 0.6 is 15.9 Å². The van der Waals surface area contributed by atoms with Gasteiger partial charge < -0.3 is 10.4 Å². The van der Waals surface area contributed by atoms with Crippen LogP contribution in [-0.2, 0) is 19.5 Å². The van der Waals surface area contributed by atoms with E-state index in [0.29, 0.717) is 6.54 Å². The number of rotatable bonds is 7. The third-order valence-corrected chi connectivity index (χ3v) is 4.42. The van der Waals surface area contributed by atoms with E-state index >= 15 is 0 Å². The second-order valence-electron chi connectivity index (χ2n) is 4.80. The average molecular weight is 318 g/mol. The van der Waals surface area contributed by atoms with Gasteiger partial charge in [0.05, 0.1) is 22.5 Å². The third kappa shape index (κ3) is 3.33. The molecule has 5 heteroatoms. The largest absolute Gasteiger partial charge is 0.394 e. The molecule has 1 aromatic heterocycles. The number of aryl methyl sites for hydroxylation is 2. The summed E-state index contributed by atoms with van der Waals surface area (Å²) < 4.78 is 3.11. The second-order valence-corrected chi connectivity index (χ2v) is 5.60. The first-order chi connectivity index (χ1) is 8.51. The Morgan fingerprint density at radius 1 is 1.39 bits per heavy atom. The van der Waals surface area contributed by atoms with E-state index in [1.807, 2.05) is 11.6 Å². The molecule has 1 atom stereocenters. The Labute approximate surface area is 118 Å². The van der Waals surface area contributed by atoms with Crippen molar-refractivity contribution in [3.8, 4) is 0 Å². The molecule has 2 N–H and O–H groups in total. The van der Waals surface area contributed by atoms with Crippen molar-refractivity contribution < 1.29 is 5.11 Å². The van der Waals surface area contributed by atoms with Gasteiger partial charge in [-0.1, -0.05) is 13.8 Å². The number of aliphatic hydroxyl groups is 1. The van der Waals surface area contributed by atoms with Crippen molar-refractivity contribution >= 4 is 15.9 Å². The summed E-state index contributed by atoms with van der Waals surface area (Å²) in [7, 11) is 0. The van der Waals surface area contributed by atoms with Crippen molar-refractivity contribution in [3.05, 3.63) is 15.9 Å². The molecule has 0 aliphatic carbocycles. The molecule has 1 heterocycles.